The molecule has 0 aromatic carbocycles. The molecular formula is C5H9NO2. The van der Waals surface area contributed by atoms with Crippen LogP contribution in [0.5, 0.6) is 0 Å². The maximum Gasteiger partial charge on any atom is 0.190 e. The Morgan fingerprint density at radius 1 is 1.62 bits per heavy atom. The van der Waals surface area contributed by atoms with Gasteiger partial charge in [0, 0.05) is 13.2 Å². The molecule has 0 bridgehead atoms. The van der Waals surface area contributed by atoms with Crippen molar-refractivity contribution in [1.29, 1.82) is 0 Å². The lowest BCUT2D eigenvalue weighted by molar-refractivity contribution is 0.399. The van der Waals surface area contributed by atoms with Gasteiger partial charge in [-0.3, -0.25) is 0 Å². The SMILES string of the molecule is CO.Nc1ccco1. The second-order valence-electron chi connectivity index (χ2n) is 1.02. The summed E-state index contributed by atoms with van der Waals surface area (Å²) in [5.41, 5.74) is 5.11. The second-order valence-corrected chi connectivity index (χ2v) is 1.02. The smallest absolute Gasteiger partial charge is 0.190 e. The highest BCUT2D eigenvalue weighted by atomic mass is 16.3. The number of hydrogen-bond acceptors (Lipinski definition) is 3. The number of rotatable bonds is 0. The summed E-state index contributed by atoms with van der Waals surface area (Å²) in [6.45, 7) is 0. The maximum atomic E-state index is 7.00. The van der Waals surface area contributed by atoms with Gasteiger partial charge < -0.3 is 15.3 Å². The Hall–Kier alpha value is -0.960. The van der Waals surface area contributed by atoms with Gasteiger partial charge in [0.25, 0.3) is 0 Å². The zero-order valence-electron chi connectivity index (χ0n) is 4.66. The van der Waals surface area contributed by atoms with E-state index in [1.54, 1.807) is 12.1 Å². The van der Waals surface area contributed by atoms with Gasteiger partial charge in [-0.05, 0) is 6.07 Å². The fourth-order valence-corrected chi connectivity index (χ4v) is 0.291. The Morgan fingerprint density at radius 2 is 2.25 bits per heavy atom. The van der Waals surface area contributed by atoms with Crippen molar-refractivity contribution in [3.8, 4) is 0 Å². The van der Waals surface area contributed by atoms with Gasteiger partial charge in [-0.25, -0.2) is 0 Å². The van der Waals surface area contributed by atoms with Gasteiger partial charge in [-0.1, -0.05) is 0 Å². The molecule has 0 aliphatic carbocycles. The van der Waals surface area contributed by atoms with Crippen LogP contribution in [0.25, 0.3) is 0 Å². The average molecular weight is 115 g/mol. The van der Waals surface area contributed by atoms with Gasteiger partial charge in [0.05, 0.1) is 6.26 Å². The summed E-state index contributed by atoms with van der Waals surface area (Å²) in [5.74, 6) is 0.468. The van der Waals surface area contributed by atoms with Gasteiger partial charge in [-0.15, -0.1) is 0 Å². The van der Waals surface area contributed by atoms with Crippen LogP contribution in [0.3, 0.4) is 0 Å². The minimum absolute atomic E-state index is 0.468. The molecule has 0 saturated carbocycles. The largest absolute Gasteiger partial charge is 0.449 e. The molecule has 0 atom stereocenters. The molecule has 3 nitrogen and oxygen atoms in total. The van der Waals surface area contributed by atoms with Crippen LogP contribution in [0, 0.1) is 0 Å². The Bertz CT molecular complexity index is 114. The summed E-state index contributed by atoms with van der Waals surface area (Å²) in [5, 5.41) is 7.00. The van der Waals surface area contributed by atoms with Gasteiger partial charge in [0.15, 0.2) is 5.88 Å². The lowest BCUT2D eigenvalue weighted by Crippen LogP contribution is -1.74. The zero-order chi connectivity index (χ0) is 6.41. The monoisotopic (exact) mass is 115 g/mol. The van der Waals surface area contributed by atoms with E-state index in [2.05, 4.69) is 4.42 Å². The molecule has 46 valence electrons. The molecule has 0 aliphatic rings. The molecule has 1 aromatic heterocycles. The lowest BCUT2D eigenvalue weighted by atomic mass is 10.6. The van der Waals surface area contributed by atoms with Crippen molar-refractivity contribution in [1.82, 2.24) is 0 Å². The van der Waals surface area contributed by atoms with Crippen LogP contribution in [0.4, 0.5) is 5.88 Å². The second kappa shape index (κ2) is 4.21. The molecule has 0 fully saturated rings. The van der Waals surface area contributed by atoms with Crippen LogP contribution in [-0.2, 0) is 0 Å². The van der Waals surface area contributed by atoms with E-state index in [4.69, 9.17) is 10.8 Å². The van der Waals surface area contributed by atoms with E-state index in [0.29, 0.717) is 5.88 Å². The van der Waals surface area contributed by atoms with Crippen LogP contribution >= 0.6 is 0 Å². The number of aliphatic hydroxyl groups excluding tert-OH is 1. The number of nitrogens with two attached hydrogens (primary N) is 1. The minimum atomic E-state index is 0.468. The van der Waals surface area contributed by atoms with Crippen LogP contribution in [-0.4, -0.2) is 12.2 Å². The third-order valence-electron chi connectivity index (χ3n) is 0.543. The Labute approximate surface area is 47.7 Å². The van der Waals surface area contributed by atoms with Gasteiger partial charge in [0.2, 0.25) is 0 Å². The number of hydrogen-bond donors (Lipinski definition) is 2. The van der Waals surface area contributed by atoms with E-state index in [1.807, 2.05) is 0 Å². The molecule has 0 saturated heterocycles. The first kappa shape index (κ1) is 7.04. The van der Waals surface area contributed by atoms with E-state index < -0.39 is 0 Å². The topological polar surface area (TPSA) is 59.4 Å². The Balaban J connectivity index is 0.000000222. The normalized spacial score (nSPS) is 7.25. The standard InChI is InChI=1S/C4H5NO.CH4O/c5-4-2-1-3-6-4;1-2/h1-3H,5H2;2H,1H3. The van der Waals surface area contributed by atoms with Crippen molar-refractivity contribution >= 4 is 5.88 Å². The highest BCUT2D eigenvalue weighted by Crippen LogP contribution is 1.97. The fraction of sp³-hybridized carbons (Fsp3) is 0.200. The average Bonchev–Trinajstić information content (AvgIpc) is 2.24. The van der Waals surface area contributed by atoms with E-state index in [1.165, 1.54) is 6.26 Å². The number of nitrogen functional groups attached to an aromatic ring is 1. The van der Waals surface area contributed by atoms with E-state index in [0.717, 1.165) is 7.11 Å². The number of furan rings is 1. The third-order valence-corrected chi connectivity index (χ3v) is 0.543. The van der Waals surface area contributed by atoms with Gasteiger partial charge >= 0.3 is 0 Å². The van der Waals surface area contributed by atoms with Crippen LogP contribution in [0.15, 0.2) is 22.8 Å². The van der Waals surface area contributed by atoms with Crippen molar-refractivity contribution in [3.05, 3.63) is 18.4 Å². The number of aliphatic hydroxyl groups is 1. The molecule has 8 heavy (non-hydrogen) atoms. The summed E-state index contributed by atoms with van der Waals surface area (Å²) in [6, 6.07) is 3.44. The van der Waals surface area contributed by atoms with E-state index in [-0.39, 0.29) is 0 Å². The van der Waals surface area contributed by atoms with Crippen LogP contribution < -0.4 is 5.73 Å². The van der Waals surface area contributed by atoms with Crippen molar-refractivity contribution < 1.29 is 9.52 Å². The first-order valence-corrected chi connectivity index (χ1v) is 2.13. The van der Waals surface area contributed by atoms with E-state index >= 15 is 0 Å². The lowest BCUT2D eigenvalue weighted by Gasteiger charge is -1.70. The molecule has 0 unspecified atom stereocenters. The zero-order valence-corrected chi connectivity index (χ0v) is 4.66. The van der Waals surface area contributed by atoms with Gasteiger partial charge in [0.1, 0.15) is 0 Å². The Kier molecular flexibility index (Phi) is 3.70. The van der Waals surface area contributed by atoms with E-state index in [9.17, 15) is 0 Å². The summed E-state index contributed by atoms with van der Waals surface area (Å²) >= 11 is 0. The van der Waals surface area contributed by atoms with Crippen LogP contribution in [0.1, 0.15) is 0 Å². The summed E-state index contributed by atoms with van der Waals surface area (Å²) in [4.78, 5) is 0. The summed E-state index contributed by atoms with van der Waals surface area (Å²) in [7, 11) is 1.00. The maximum absolute atomic E-state index is 7.00. The molecule has 3 N–H and O–H groups in total. The molecule has 0 amide bonds. The molecule has 0 radical (unpaired) electrons. The predicted octanol–water partition coefficient (Wildman–Crippen LogP) is 0.470. The molecule has 1 aromatic rings. The molecular weight excluding hydrogens is 106 g/mol. The molecule has 0 spiro atoms. The molecule has 1 heterocycles. The highest BCUT2D eigenvalue weighted by molar-refractivity contribution is 5.20. The third kappa shape index (κ3) is 2.25. The molecule has 0 aliphatic heterocycles. The van der Waals surface area contributed by atoms with Crippen molar-refractivity contribution in [2.24, 2.45) is 0 Å². The summed E-state index contributed by atoms with van der Waals surface area (Å²) < 4.78 is 4.61. The van der Waals surface area contributed by atoms with Crippen molar-refractivity contribution in [3.63, 3.8) is 0 Å². The fourth-order valence-electron chi connectivity index (χ4n) is 0.291. The van der Waals surface area contributed by atoms with Crippen LogP contribution in [0.2, 0.25) is 0 Å². The quantitative estimate of drug-likeness (QED) is 0.516. The molecule has 1 rings (SSSR count). The first-order chi connectivity index (χ1) is 3.89. The van der Waals surface area contributed by atoms with Gasteiger partial charge in [-0.2, -0.15) is 0 Å². The number of anilines is 1. The van der Waals surface area contributed by atoms with Crippen molar-refractivity contribution in [2.75, 3.05) is 12.8 Å². The first-order valence-electron chi connectivity index (χ1n) is 2.13. The molecule has 3 heteroatoms. The van der Waals surface area contributed by atoms with Crippen molar-refractivity contribution in [2.45, 2.75) is 0 Å². The highest BCUT2D eigenvalue weighted by Gasteiger charge is 1.76. The Morgan fingerprint density at radius 3 is 2.38 bits per heavy atom. The predicted molar refractivity (Wildman–Crippen MR) is 31.3 cm³/mol. The minimum Gasteiger partial charge on any atom is -0.449 e. The summed E-state index contributed by atoms with van der Waals surface area (Å²) in [6.07, 6.45) is 1.54.